The number of nitrogens with one attached hydrogen (secondary N) is 3. The first-order chi connectivity index (χ1) is 11.0. The van der Waals surface area contributed by atoms with Crippen LogP contribution in [0.1, 0.15) is 24.8 Å². The van der Waals surface area contributed by atoms with Gasteiger partial charge in [-0.05, 0) is 55.9 Å². The predicted octanol–water partition coefficient (Wildman–Crippen LogP) is 3.35. The number of carbonyl (C=O) groups is 2. The number of rotatable bonds is 5. The second kappa shape index (κ2) is 8.72. The van der Waals surface area contributed by atoms with Crippen molar-refractivity contribution in [2.75, 3.05) is 18.4 Å². The molecule has 1 unspecified atom stereocenters. The Kier molecular flexibility index (Phi) is 6.65. The molecule has 5 nitrogen and oxygen atoms in total. The van der Waals surface area contributed by atoms with Crippen molar-refractivity contribution < 1.29 is 9.59 Å². The molecule has 0 fully saturated rings. The van der Waals surface area contributed by atoms with E-state index in [-0.39, 0.29) is 18.5 Å². The Morgan fingerprint density at radius 3 is 2.78 bits per heavy atom. The zero-order valence-corrected chi connectivity index (χ0v) is 14.8. The molecule has 0 heterocycles. The van der Waals surface area contributed by atoms with Crippen LogP contribution in [0, 0.1) is 12.8 Å². The third-order valence-electron chi connectivity index (χ3n) is 3.80. The standard InChI is InChI=1S/C17H22BrN3O2/c1-12-9-14(18)7-8-15(12)21-16(22)11-20-17(23)19-10-13-5-3-2-4-6-13/h2-3,7-9,13H,4-6,10-11H2,1H3,(H,21,22)(H2,19,20,23). The van der Waals surface area contributed by atoms with E-state index in [9.17, 15) is 9.59 Å². The van der Waals surface area contributed by atoms with Crippen LogP contribution < -0.4 is 16.0 Å². The Labute approximate surface area is 145 Å². The summed E-state index contributed by atoms with van der Waals surface area (Å²) in [6, 6.07) is 5.31. The molecule has 1 aromatic carbocycles. The van der Waals surface area contributed by atoms with Gasteiger partial charge in [0.1, 0.15) is 0 Å². The summed E-state index contributed by atoms with van der Waals surface area (Å²) < 4.78 is 0.961. The number of benzene rings is 1. The number of allylic oxidation sites excluding steroid dienone is 2. The number of halogens is 1. The monoisotopic (exact) mass is 379 g/mol. The maximum absolute atomic E-state index is 11.9. The SMILES string of the molecule is Cc1cc(Br)ccc1NC(=O)CNC(=O)NCC1CC=CCC1. The zero-order chi connectivity index (χ0) is 16.7. The fourth-order valence-corrected chi connectivity index (χ4v) is 2.94. The van der Waals surface area contributed by atoms with Gasteiger partial charge in [-0.2, -0.15) is 0 Å². The van der Waals surface area contributed by atoms with E-state index in [1.165, 1.54) is 0 Å². The average molecular weight is 380 g/mol. The number of carbonyl (C=O) groups excluding carboxylic acids is 2. The summed E-state index contributed by atoms with van der Waals surface area (Å²) in [4.78, 5) is 23.6. The van der Waals surface area contributed by atoms with E-state index in [0.717, 1.165) is 35.0 Å². The van der Waals surface area contributed by atoms with E-state index in [4.69, 9.17) is 0 Å². The first kappa shape index (κ1) is 17.5. The molecular weight excluding hydrogens is 358 g/mol. The van der Waals surface area contributed by atoms with Crippen molar-refractivity contribution in [3.63, 3.8) is 0 Å². The van der Waals surface area contributed by atoms with Crippen LogP contribution in [0.25, 0.3) is 0 Å². The van der Waals surface area contributed by atoms with Gasteiger partial charge in [0.15, 0.2) is 0 Å². The maximum atomic E-state index is 11.9. The molecule has 23 heavy (non-hydrogen) atoms. The molecular formula is C17H22BrN3O2. The van der Waals surface area contributed by atoms with Crippen molar-refractivity contribution >= 4 is 33.6 Å². The zero-order valence-electron chi connectivity index (χ0n) is 13.2. The van der Waals surface area contributed by atoms with Crippen LogP contribution in [0.5, 0.6) is 0 Å². The summed E-state index contributed by atoms with van der Waals surface area (Å²) >= 11 is 3.38. The van der Waals surface area contributed by atoms with E-state index in [1.807, 2.05) is 25.1 Å². The highest BCUT2D eigenvalue weighted by molar-refractivity contribution is 9.10. The van der Waals surface area contributed by atoms with Crippen LogP contribution >= 0.6 is 15.9 Å². The molecule has 0 aliphatic heterocycles. The minimum Gasteiger partial charge on any atom is -0.338 e. The third kappa shape index (κ3) is 6.06. The van der Waals surface area contributed by atoms with Crippen molar-refractivity contribution in [1.29, 1.82) is 0 Å². The fourth-order valence-electron chi connectivity index (χ4n) is 2.46. The largest absolute Gasteiger partial charge is 0.338 e. The normalized spacial score (nSPS) is 16.7. The molecule has 1 aliphatic rings. The van der Waals surface area contributed by atoms with Crippen LogP contribution in [0.4, 0.5) is 10.5 Å². The molecule has 0 saturated carbocycles. The lowest BCUT2D eigenvalue weighted by atomic mass is 9.94. The molecule has 0 bridgehead atoms. The van der Waals surface area contributed by atoms with Gasteiger partial charge in [-0.15, -0.1) is 0 Å². The first-order valence-electron chi connectivity index (χ1n) is 7.77. The van der Waals surface area contributed by atoms with E-state index in [0.29, 0.717) is 12.5 Å². The number of hydrogen-bond donors (Lipinski definition) is 3. The van der Waals surface area contributed by atoms with E-state index in [2.05, 4.69) is 44.0 Å². The summed E-state index contributed by atoms with van der Waals surface area (Å²) in [5, 5.41) is 8.19. The Balaban J connectivity index is 1.69. The lowest BCUT2D eigenvalue weighted by Gasteiger charge is -2.18. The van der Waals surface area contributed by atoms with Gasteiger partial charge in [0, 0.05) is 16.7 Å². The highest BCUT2D eigenvalue weighted by Gasteiger charge is 2.12. The molecule has 0 spiro atoms. The maximum Gasteiger partial charge on any atom is 0.315 e. The molecule has 1 aliphatic carbocycles. The van der Waals surface area contributed by atoms with Crippen molar-refractivity contribution in [2.24, 2.45) is 5.92 Å². The molecule has 1 aromatic rings. The quantitative estimate of drug-likeness (QED) is 0.686. The number of aryl methyl sites for hydroxylation is 1. The molecule has 6 heteroatoms. The predicted molar refractivity (Wildman–Crippen MR) is 95.4 cm³/mol. The first-order valence-corrected chi connectivity index (χ1v) is 8.56. The van der Waals surface area contributed by atoms with E-state index in [1.54, 1.807) is 0 Å². The highest BCUT2D eigenvalue weighted by atomic mass is 79.9. The second-order valence-electron chi connectivity index (χ2n) is 5.72. The lowest BCUT2D eigenvalue weighted by Crippen LogP contribution is -2.41. The van der Waals surface area contributed by atoms with Crippen LogP contribution in [-0.4, -0.2) is 25.0 Å². The van der Waals surface area contributed by atoms with Gasteiger partial charge in [0.2, 0.25) is 5.91 Å². The number of urea groups is 1. The van der Waals surface area contributed by atoms with Gasteiger partial charge >= 0.3 is 6.03 Å². The van der Waals surface area contributed by atoms with Crippen LogP contribution in [-0.2, 0) is 4.79 Å². The minimum atomic E-state index is -0.303. The molecule has 0 saturated heterocycles. The molecule has 124 valence electrons. The molecule has 3 amide bonds. The van der Waals surface area contributed by atoms with Crippen molar-refractivity contribution in [3.8, 4) is 0 Å². The minimum absolute atomic E-state index is 0.0497. The Bertz CT molecular complexity index is 602. The fraction of sp³-hybridized carbons (Fsp3) is 0.412. The van der Waals surface area contributed by atoms with Gasteiger partial charge in [0.05, 0.1) is 6.54 Å². The van der Waals surface area contributed by atoms with Crippen molar-refractivity contribution in [3.05, 3.63) is 40.4 Å². The summed E-state index contributed by atoms with van der Waals surface area (Å²) in [5.41, 5.74) is 1.71. The van der Waals surface area contributed by atoms with E-state index < -0.39 is 0 Å². The smallest absolute Gasteiger partial charge is 0.315 e. The van der Waals surface area contributed by atoms with Gasteiger partial charge in [-0.25, -0.2) is 4.79 Å². The van der Waals surface area contributed by atoms with Crippen LogP contribution in [0.2, 0.25) is 0 Å². The van der Waals surface area contributed by atoms with E-state index >= 15 is 0 Å². The van der Waals surface area contributed by atoms with Crippen molar-refractivity contribution in [1.82, 2.24) is 10.6 Å². The highest BCUT2D eigenvalue weighted by Crippen LogP contribution is 2.19. The summed E-state index contributed by atoms with van der Waals surface area (Å²) in [6.07, 6.45) is 7.50. The summed E-state index contributed by atoms with van der Waals surface area (Å²) in [6.45, 7) is 2.51. The molecule has 0 radical (unpaired) electrons. The lowest BCUT2D eigenvalue weighted by molar-refractivity contribution is -0.115. The molecule has 1 atom stereocenters. The second-order valence-corrected chi connectivity index (χ2v) is 6.64. The molecule has 3 N–H and O–H groups in total. The van der Waals surface area contributed by atoms with Gasteiger partial charge in [-0.1, -0.05) is 28.1 Å². The number of anilines is 1. The average Bonchev–Trinajstić information content (AvgIpc) is 2.54. The Morgan fingerprint density at radius 1 is 1.26 bits per heavy atom. The Morgan fingerprint density at radius 2 is 2.09 bits per heavy atom. The molecule has 0 aromatic heterocycles. The van der Waals surface area contributed by atoms with Gasteiger partial charge < -0.3 is 16.0 Å². The van der Waals surface area contributed by atoms with Gasteiger partial charge in [-0.3, -0.25) is 4.79 Å². The van der Waals surface area contributed by atoms with Crippen molar-refractivity contribution in [2.45, 2.75) is 26.2 Å². The number of hydrogen-bond acceptors (Lipinski definition) is 2. The van der Waals surface area contributed by atoms with Crippen LogP contribution in [0.15, 0.2) is 34.8 Å². The van der Waals surface area contributed by atoms with Gasteiger partial charge in [0.25, 0.3) is 0 Å². The van der Waals surface area contributed by atoms with Crippen LogP contribution in [0.3, 0.4) is 0 Å². The Hall–Kier alpha value is -1.82. The number of amides is 3. The summed E-state index contributed by atoms with van der Waals surface area (Å²) in [5.74, 6) is 0.246. The summed E-state index contributed by atoms with van der Waals surface area (Å²) in [7, 11) is 0. The third-order valence-corrected chi connectivity index (χ3v) is 4.29. The molecule has 2 rings (SSSR count). The topological polar surface area (TPSA) is 70.2 Å².